The number of fused-ring (bicyclic) bond motifs is 1. The van der Waals surface area contributed by atoms with Gasteiger partial charge in [0.1, 0.15) is 0 Å². The molecule has 2 heterocycles. The van der Waals surface area contributed by atoms with Gasteiger partial charge in [-0.15, -0.1) is 0 Å². The summed E-state index contributed by atoms with van der Waals surface area (Å²) in [7, 11) is -3.45. The van der Waals surface area contributed by atoms with E-state index in [2.05, 4.69) is 13.0 Å². The van der Waals surface area contributed by atoms with Crippen LogP contribution in [-0.2, 0) is 14.5 Å². The van der Waals surface area contributed by atoms with Crippen molar-refractivity contribution < 1.29 is 12.6 Å². The molecular formula is C11H19NO3S. The Morgan fingerprint density at radius 2 is 2.31 bits per heavy atom. The average molecular weight is 245 g/mol. The van der Waals surface area contributed by atoms with E-state index in [1.165, 1.54) is 17.1 Å². The molecule has 0 aromatic carbocycles. The monoisotopic (exact) mass is 245 g/mol. The molecule has 16 heavy (non-hydrogen) atoms. The Kier molecular flexibility index (Phi) is 3.54. The highest BCUT2D eigenvalue weighted by Crippen LogP contribution is 2.42. The molecule has 2 aliphatic heterocycles. The van der Waals surface area contributed by atoms with Crippen LogP contribution in [0.4, 0.5) is 0 Å². The zero-order chi connectivity index (χ0) is 11.6. The maximum Gasteiger partial charge on any atom is 0.362 e. The molecule has 2 aliphatic rings. The van der Waals surface area contributed by atoms with Gasteiger partial charge in [-0.25, -0.2) is 4.31 Å². The first-order valence-electron chi connectivity index (χ1n) is 6.05. The van der Waals surface area contributed by atoms with Gasteiger partial charge in [0.15, 0.2) is 0 Å². The minimum atomic E-state index is -3.45. The third-order valence-corrected chi connectivity index (χ3v) is 4.48. The van der Waals surface area contributed by atoms with E-state index in [0.29, 0.717) is 6.61 Å². The second-order valence-electron chi connectivity index (χ2n) is 4.36. The van der Waals surface area contributed by atoms with E-state index >= 15 is 0 Å². The van der Waals surface area contributed by atoms with Crippen LogP contribution in [-0.4, -0.2) is 25.4 Å². The van der Waals surface area contributed by atoms with Gasteiger partial charge in [0, 0.05) is 0 Å². The highest BCUT2D eigenvalue weighted by molar-refractivity contribution is 7.84. The number of rotatable bonds is 4. The van der Waals surface area contributed by atoms with Crippen molar-refractivity contribution in [1.29, 1.82) is 0 Å². The smallest absolute Gasteiger partial charge is 0.254 e. The molecular weight excluding hydrogens is 226 g/mol. The standard InChI is InChI=1S/C11H19NO3S/c1-2-3-4-5-7-10-11-8-6-9-15-16(13,14)12(10)11/h7,11H,2-6,8-9H2,1H3. The number of hydrogen-bond donors (Lipinski definition) is 0. The Hall–Kier alpha value is -0.550. The van der Waals surface area contributed by atoms with Crippen LogP contribution in [0.2, 0.25) is 0 Å². The topological polar surface area (TPSA) is 46.4 Å². The first-order chi connectivity index (χ1) is 7.67. The van der Waals surface area contributed by atoms with Gasteiger partial charge >= 0.3 is 10.3 Å². The van der Waals surface area contributed by atoms with Crippen LogP contribution in [0.15, 0.2) is 11.8 Å². The number of unbranched alkanes of at least 4 members (excludes halogenated alkanes) is 3. The molecule has 0 amide bonds. The van der Waals surface area contributed by atoms with Crippen LogP contribution < -0.4 is 0 Å². The van der Waals surface area contributed by atoms with Crippen molar-refractivity contribution in [2.24, 2.45) is 0 Å². The van der Waals surface area contributed by atoms with Crippen molar-refractivity contribution in [1.82, 2.24) is 4.31 Å². The fourth-order valence-electron chi connectivity index (χ4n) is 2.15. The van der Waals surface area contributed by atoms with Crippen LogP contribution >= 0.6 is 0 Å². The molecule has 92 valence electrons. The number of allylic oxidation sites excluding steroid dienone is 1. The maximum absolute atomic E-state index is 11.6. The second-order valence-corrected chi connectivity index (χ2v) is 5.84. The lowest BCUT2D eigenvalue weighted by Crippen LogP contribution is -2.14. The number of hydrogen-bond acceptors (Lipinski definition) is 3. The third-order valence-electron chi connectivity index (χ3n) is 3.07. The number of nitrogens with zero attached hydrogens (tertiary/aromatic N) is 1. The molecule has 2 saturated heterocycles. The van der Waals surface area contributed by atoms with Crippen LogP contribution in [0.3, 0.4) is 0 Å². The van der Waals surface area contributed by atoms with Crippen molar-refractivity contribution in [2.75, 3.05) is 6.61 Å². The molecule has 0 N–H and O–H groups in total. The average Bonchev–Trinajstić information content (AvgIpc) is 2.95. The van der Waals surface area contributed by atoms with Gasteiger partial charge in [-0.1, -0.05) is 25.8 Å². The van der Waals surface area contributed by atoms with Gasteiger partial charge in [0.25, 0.3) is 0 Å². The predicted molar refractivity (Wildman–Crippen MR) is 62.0 cm³/mol. The maximum atomic E-state index is 11.6. The normalized spacial score (nSPS) is 29.9. The van der Waals surface area contributed by atoms with E-state index in [4.69, 9.17) is 4.18 Å². The quantitative estimate of drug-likeness (QED) is 0.563. The van der Waals surface area contributed by atoms with Gasteiger partial charge < -0.3 is 0 Å². The minimum absolute atomic E-state index is 0.106. The lowest BCUT2D eigenvalue weighted by molar-refractivity contribution is 0.308. The summed E-state index contributed by atoms with van der Waals surface area (Å²) in [5.74, 6) is 0. The lowest BCUT2D eigenvalue weighted by Gasteiger charge is -2.01. The fourth-order valence-corrected chi connectivity index (χ4v) is 3.53. The van der Waals surface area contributed by atoms with Crippen LogP contribution in [0.5, 0.6) is 0 Å². The second kappa shape index (κ2) is 4.75. The summed E-state index contributed by atoms with van der Waals surface area (Å²) < 4.78 is 29.5. The van der Waals surface area contributed by atoms with E-state index < -0.39 is 10.3 Å². The molecule has 0 aromatic heterocycles. The van der Waals surface area contributed by atoms with Crippen molar-refractivity contribution in [3.63, 3.8) is 0 Å². The first-order valence-corrected chi connectivity index (χ1v) is 7.42. The fraction of sp³-hybridized carbons (Fsp3) is 0.818. The van der Waals surface area contributed by atoms with Gasteiger partial charge in [0.05, 0.1) is 18.3 Å². The van der Waals surface area contributed by atoms with Crippen molar-refractivity contribution >= 4 is 10.3 Å². The van der Waals surface area contributed by atoms with Gasteiger partial charge in [-0.3, -0.25) is 4.18 Å². The molecule has 0 aromatic rings. The molecule has 4 nitrogen and oxygen atoms in total. The van der Waals surface area contributed by atoms with E-state index in [1.54, 1.807) is 0 Å². The summed E-state index contributed by atoms with van der Waals surface area (Å²) in [5.41, 5.74) is 0.954. The summed E-state index contributed by atoms with van der Waals surface area (Å²) in [4.78, 5) is 0. The Morgan fingerprint density at radius 3 is 3.06 bits per heavy atom. The van der Waals surface area contributed by atoms with Gasteiger partial charge in [0.2, 0.25) is 0 Å². The summed E-state index contributed by atoms with van der Waals surface area (Å²) >= 11 is 0. The lowest BCUT2D eigenvalue weighted by atomic mass is 10.2. The molecule has 2 rings (SSSR count). The van der Waals surface area contributed by atoms with E-state index in [-0.39, 0.29) is 6.04 Å². The largest absolute Gasteiger partial charge is 0.362 e. The molecule has 0 bridgehead atoms. The molecule has 0 aliphatic carbocycles. The van der Waals surface area contributed by atoms with Gasteiger partial charge in [-0.05, 0) is 25.7 Å². The van der Waals surface area contributed by atoms with Crippen molar-refractivity contribution in [3.05, 3.63) is 11.8 Å². The highest BCUT2D eigenvalue weighted by atomic mass is 32.2. The summed E-state index contributed by atoms with van der Waals surface area (Å²) in [6.45, 7) is 2.49. The molecule has 0 spiro atoms. The molecule has 0 radical (unpaired) electrons. The molecule has 1 unspecified atom stereocenters. The molecule has 0 saturated carbocycles. The van der Waals surface area contributed by atoms with Crippen LogP contribution in [0, 0.1) is 0 Å². The van der Waals surface area contributed by atoms with Crippen LogP contribution in [0.25, 0.3) is 0 Å². The van der Waals surface area contributed by atoms with E-state index in [9.17, 15) is 8.42 Å². The first kappa shape index (κ1) is 11.9. The van der Waals surface area contributed by atoms with E-state index in [0.717, 1.165) is 31.4 Å². The van der Waals surface area contributed by atoms with Crippen LogP contribution in [0.1, 0.15) is 45.4 Å². The molecule has 5 heteroatoms. The van der Waals surface area contributed by atoms with E-state index in [1.807, 2.05) is 0 Å². The Balaban J connectivity index is 1.95. The summed E-state index contributed by atoms with van der Waals surface area (Å²) in [6, 6.07) is 0.106. The molecule has 2 fully saturated rings. The summed E-state index contributed by atoms with van der Waals surface area (Å²) in [5, 5.41) is 0. The third kappa shape index (κ3) is 2.40. The SMILES string of the molecule is CCCCCC=C1C2CCCOS(=O)(=O)N12. The Morgan fingerprint density at radius 1 is 1.50 bits per heavy atom. The predicted octanol–water partition coefficient (Wildman–Crippen LogP) is 2.19. The molecule has 1 atom stereocenters. The van der Waals surface area contributed by atoms with Crippen molar-refractivity contribution in [3.8, 4) is 0 Å². The van der Waals surface area contributed by atoms with Gasteiger partial charge in [-0.2, -0.15) is 8.42 Å². The zero-order valence-electron chi connectivity index (χ0n) is 9.68. The Labute approximate surface area is 97.5 Å². The summed E-state index contributed by atoms with van der Waals surface area (Å²) in [6.07, 6.45) is 8.31. The Bertz CT molecular complexity index is 375. The minimum Gasteiger partial charge on any atom is -0.254 e. The zero-order valence-corrected chi connectivity index (χ0v) is 10.5. The van der Waals surface area contributed by atoms with Crippen molar-refractivity contribution in [2.45, 2.75) is 51.5 Å². The highest BCUT2D eigenvalue weighted by Gasteiger charge is 2.50.